The molecule has 4 heteroatoms. The molecule has 18 heavy (non-hydrogen) atoms. The molecular formula is C14H20O3S. The van der Waals surface area contributed by atoms with Gasteiger partial charge in [0, 0.05) is 16.6 Å². The molecule has 1 N–H and O–H groups in total. The van der Waals surface area contributed by atoms with E-state index in [1.54, 1.807) is 18.9 Å². The van der Waals surface area contributed by atoms with E-state index >= 15 is 0 Å². The summed E-state index contributed by atoms with van der Waals surface area (Å²) in [5.41, 5.74) is 0. The summed E-state index contributed by atoms with van der Waals surface area (Å²) in [6.07, 6.45) is 2.27. The number of thioether (sulfide) groups is 1. The van der Waals surface area contributed by atoms with Crippen LogP contribution in [0.2, 0.25) is 0 Å². The van der Waals surface area contributed by atoms with Crippen molar-refractivity contribution in [3.8, 4) is 5.75 Å². The molecule has 0 aliphatic heterocycles. The maximum atomic E-state index is 11.0. The minimum Gasteiger partial charge on any atom is -0.497 e. The Bertz CT molecular complexity index is 379. The minimum atomic E-state index is -0.336. The predicted molar refractivity (Wildman–Crippen MR) is 74.3 cm³/mol. The third kappa shape index (κ3) is 5.56. The van der Waals surface area contributed by atoms with Crippen LogP contribution in [-0.2, 0) is 4.79 Å². The summed E-state index contributed by atoms with van der Waals surface area (Å²) >= 11 is 1.78. The lowest BCUT2D eigenvalue weighted by Gasteiger charge is -2.11. The lowest BCUT2D eigenvalue weighted by atomic mass is 10.1. The van der Waals surface area contributed by atoms with E-state index in [1.165, 1.54) is 4.90 Å². The molecule has 1 aromatic rings. The van der Waals surface area contributed by atoms with E-state index in [1.807, 2.05) is 18.2 Å². The number of methoxy groups -OCH3 is 1. The number of aliphatic hydroxyl groups excluding tert-OH is 1. The number of aliphatic hydroxyl groups is 1. The highest BCUT2D eigenvalue weighted by Crippen LogP contribution is 2.28. The third-order valence-electron chi connectivity index (χ3n) is 2.62. The van der Waals surface area contributed by atoms with E-state index in [2.05, 4.69) is 13.0 Å². The van der Waals surface area contributed by atoms with Gasteiger partial charge < -0.3 is 9.84 Å². The van der Waals surface area contributed by atoms with Crippen molar-refractivity contribution in [2.24, 2.45) is 0 Å². The zero-order valence-corrected chi connectivity index (χ0v) is 11.7. The highest BCUT2D eigenvalue weighted by molar-refractivity contribution is 7.99. The molecule has 100 valence electrons. The van der Waals surface area contributed by atoms with E-state index in [4.69, 9.17) is 9.84 Å². The first kappa shape index (κ1) is 15.1. The van der Waals surface area contributed by atoms with Crippen molar-refractivity contribution in [3.05, 3.63) is 24.3 Å². The van der Waals surface area contributed by atoms with Gasteiger partial charge in [-0.3, -0.25) is 4.79 Å². The highest BCUT2D eigenvalue weighted by Gasteiger charge is 2.07. The molecule has 0 saturated carbocycles. The number of ketones is 1. The van der Waals surface area contributed by atoms with Crippen LogP contribution in [0.15, 0.2) is 29.2 Å². The molecule has 0 aromatic heterocycles. The predicted octanol–water partition coefficient (Wildman–Crippen LogP) is 2.91. The average molecular weight is 268 g/mol. The molecular weight excluding hydrogens is 248 g/mol. The van der Waals surface area contributed by atoms with E-state index in [0.717, 1.165) is 18.6 Å². The van der Waals surface area contributed by atoms with E-state index in [9.17, 15) is 4.79 Å². The lowest BCUT2D eigenvalue weighted by molar-refractivity contribution is -0.121. The van der Waals surface area contributed by atoms with Crippen LogP contribution in [0.5, 0.6) is 5.75 Å². The lowest BCUT2D eigenvalue weighted by Crippen LogP contribution is -2.05. The van der Waals surface area contributed by atoms with Crippen LogP contribution in [0, 0.1) is 0 Å². The molecule has 1 rings (SSSR count). The molecule has 0 spiro atoms. The second kappa shape index (κ2) is 8.16. The number of hydrogen-bond donors (Lipinski definition) is 1. The number of carbonyl (C=O) groups is 1. The van der Waals surface area contributed by atoms with E-state index in [-0.39, 0.29) is 12.4 Å². The van der Waals surface area contributed by atoms with Crippen LogP contribution in [0.4, 0.5) is 0 Å². The molecule has 0 amide bonds. The van der Waals surface area contributed by atoms with Crippen molar-refractivity contribution in [2.75, 3.05) is 13.7 Å². The summed E-state index contributed by atoms with van der Waals surface area (Å²) in [6.45, 7) is 1.81. The van der Waals surface area contributed by atoms with Crippen molar-refractivity contribution in [3.63, 3.8) is 0 Å². The van der Waals surface area contributed by atoms with Crippen LogP contribution in [0.25, 0.3) is 0 Å². The maximum Gasteiger partial charge on any atom is 0.158 e. The van der Waals surface area contributed by atoms with Crippen molar-refractivity contribution < 1.29 is 14.6 Å². The summed E-state index contributed by atoms with van der Waals surface area (Å²) in [5.74, 6) is 0.788. The second-order valence-electron chi connectivity index (χ2n) is 4.20. The van der Waals surface area contributed by atoms with Crippen LogP contribution in [0.3, 0.4) is 0 Å². The van der Waals surface area contributed by atoms with Gasteiger partial charge in [0.2, 0.25) is 0 Å². The first-order valence-electron chi connectivity index (χ1n) is 6.09. The minimum absolute atomic E-state index is 0.0754. The monoisotopic (exact) mass is 268 g/mol. The number of carbonyl (C=O) groups excluding carboxylic acids is 1. The number of ether oxygens (including phenoxy) is 1. The second-order valence-corrected chi connectivity index (χ2v) is 5.71. The maximum absolute atomic E-state index is 11.0. The molecule has 3 nitrogen and oxygen atoms in total. The van der Waals surface area contributed by atoms with Crippen molar-refractivity contribution in [2.45, 2.75) is 36.3 Å². The number of hydrogen-bond acceptors (Lipinski definition) is 4. The number of benzene rings is 1. The van der Waals surface area contributed by atoms with Gasteiger partial charge in [-0.1, -0.05) is 13.0 Å². The smallest absolute Gasteiger partial charge is 0.158 e. The Balaban J connectivity index is 2.34. The van der Waals surface area contributed by atoms with Gasteiger partial charge in [0.25, 0.3) is 0 Å². The van der Waals surface area contributed by atoms with Crippen molar-refractivity contribution in [1.29, 1.82) is 0 Å². The van der Waals surface area contributed by atoms with E-state index in [0.29, 0.717) is 11.7 Å². The van der Waals surface area contributed by atoms with Gasteiger partial charge in [-0.05, 0) is 31.0 Å². The summed E-state index contributed by atoms with van der Waals surface area (Å²) < 4.78 is 5.18. The van der Waals surface area contributed by atoms with Gasteiger partial charge >= 0.3 is 0 Å². The summed E-state index contributed by atoms with van der Waals surface area (Å²) in [6, 6.07) is 7.97. The van der Waals surface area contributed by atoms with Gasteiger partial charge in [-0.15, -0.1) is 11.8 Å². The summed E-state index contributed by atoms with van der Waals surface area (Å²) in [5, 5.41) is 9.07. The normalized spacial score (nSPS) is 12.2. The third-order valence-corrected chi connectivity index (χ3v) is 3.79. The number of rotatable bonds is 8. The molecule has 0 heterocycles. The quantitative estimate of drug-likeness (QED) is 0.736. The molecule has 1 atom stereocenters. The largest absolute Gasteiger partial charge is 0.497 e. The van der Waals surface area contributed by atoms with Crippen LogP contribution < -0.4 is 4.74 Å². The van der Waals surface area contributed by atoms with Crippen LogP contribution >= 0.6 is 11.8 Å². The Kier molecular flexibility index (Phi) is 6.83. The van der Waals surface area contributed by atoms with Crippen molar-refractivity contribution in [1.82, 2.24) is 0 Å². The molecule has 0 saturated heterocycles. The Morgan fingerprint density at radius 3 is 2.94 bits per heavy atom. The average Bonchev–Trinajstić information content (AvgIpc) is 2.38. The SMILES string of the molecule is COc1cccc(SC(C)CCCC(=O)CO)c1. The van der Waals surface area contributed by atoms with Gasteiger partial charge in [-0.2, -0.15) is 0 Å². The Labute approximate surface area is 113 Å². The van der Waals surface area contributed by atoms with Gasteiger partial charge in [0.15, 0.2) is 5.78 Å². The highest BCUT2D eigenvalue weighted by atomic mass is 32.2. The molecule has 0 fully saturated rings. The summed E-state index contributed by atoms with van der Waals surface area (Å²) in [4.78, 5) is 12.1. The number of Topliss-reactive ketones (excluding diaryl/α,β-unsaturated/α-hetero) is 1. The fourth-order valence-electron chi connectivity index (χ4n) is 1.63. The zero-order valence-electron chi connectivity index (χ0n) is 10.9. The van der Waals surface area contributed by atoms with Crippen molar-refractivity contribution >= 4 is 17.5 Å². The molecule has 0 bridgehead atoms. The summed E-state index contributed by atoms with van der Waals surface area (Å²) in [7, 11) is 1.66. The fourth-order valence-corrected chi connectivity index (χ4v) is 2.72. The molecule has 0 aliphatic rings. The molecule has 1 aromatic carbocycles. The zero-order chi connectivity index (χ0) is 13.4. The van der Waals surface area contributed by atoms with Gasteiger partial charge in [0.05, 0.1) is 7.11 Å². The Morgan fingerprint density at radius 1 is 1.50 bits per heavy atom. The van der Waals surface area contributed by atoms with Crippen LogP contribution in [0.1, 0.15) is 26.2 Å². The van der Waals surface area contributed by atoms with Gasteiger partial charge in [0.1, 0.15) is 12.4 Å². The van der Waals surface area contributed by atoms with Gasteiger partial charge in [-0.25, -0.2) is 0 Å². The Morgan fingerprint density at radius 2 is 2.28 bits per heavy atom. The topological polar surface area (TPSA) is 46.5 Å². The standard InChI is InChI=1S/C14H20O3S/c1-11(5-3-6-12(16)10-15)18-14-8-4-7-13(9-14)17-2/h4,7-9,11,15H,3,5-6,10H2,1-2H3. The van der Waals surface area contributed by atoms with E-state index < -0.39 is 0 Å². The molecule has 1 unspecified atom stereocenters. The first-order chi connectivity index (χ1) is 8.65. The first-order valence-corrected chi connectivity index (χ1v) is 6.97. The molecule has 0 aliphatic carbocycles. The van der Waals surface area contributed by atoms with Crippen LogP contribution in [-0.4, -0.2) is 29.9 Å². The fraction of sp³-hybridized carbons (Fsp3) is 0.500. The Hall–Kier alpha value is -1.00. The molecule has 0 radical (unpaired) electrons.